The number of carbonyl (C=O) groups is 5. The van der Waals surface area contributed by atoms with E-state index < -0.39 is 71.5 Å². The molecule has 2 aromatic heterocycles. The first-order valence-electron chi connectivity index (χ1n) is 19.6. The molecule has 0 spiro atoms. The first-order chi connectivity index (χ1) is 27.4. The van der Waals surface area contributed by atoms with E-state index in [1.165, 1.54) is 22.3 Å². The number of hydrogen-bond donors (Lipinski definition) is 5. The van der Waals surface area contributed by atoms with Crippen LogP contribution in [0.15, 0.2) is 42.3 Å². The van der Waals surface area contributed by atoms with Crippen molar-refractivity contribution >= 4 is 57.2 Å². The third-order valence-electron chi connectivity index (χ3n) is 11.3. The van der Waals surface area contributed by atoms with Gasteiger partial charge in [-0.15, -0.1) is 17.9 Å². The fourth-order valence-corrected chi connectivity index (χ4v) is 8.94. The third kappa shape index (κ3) is 8.68. The average Bonchev–Trinajstić information content (AvgIpc) is 3.82. The van der Waals surface area contributed by atoms with Gasteiger partial charge in [-0.05, 0) is 68.9 Å². The highest BCUT2D eigenvalue weighted by Gasteiger charge is 2.61. The lowest BCUT2D eigenvalue weighted by atomic mass is 9.85. The van der Waals surface area contributed by atoms with Crippen LogP contribution in [0.2, 0.25) is 0 Å². The van der Waals surface area contributed by atoms with Gasteiger partial charge in [0.1, 0.15) is 47.0 Å². The number of nitrogens with zero attached hydrogens (tertiary/aromatic N) is 3. The maximum atomic E-state index is 14.7. The number of aromatic nitrogens is 2. The fraction of sp³-hybridized carbons (Fsp3) is 0.537. The Labute approximate surface area is 339 Å². The number of thiazole rings is 1. The maximum absolute atomic E-state index is 14.7. The van der Waals surface area contributed by atoms with Gasteiger partial charge in [0.05, 0.1) is 17.8 Å². The van der Waals surface area contributed by atoms with Crippen LogP contribution < -0.4 is 25.4 Å². The molecule has 4 fully saturated rings. The number of anilines is 1. The molecule has 310 valence electrons. The van der Waals surface area contributed by atoms with Crippen LogP contribution in [0.3, 0.4) is 0 Å². The predicted octanol–water partition coefficient (Wildman–Crippen LogP) is 5.08. The number of pyridine rings is 1. The standard InChI is InChI=1S/C41H50N6O10S/c1-7-23-16-41(23,37(52)53)46-35(50)31-14-26(17-47(31)36(51)34(40(4,5)6)45-39(54)57-25-11-21-10-22(21)12-25)56-32-15-29(30-19-58-38(44-30)42-20(2)3)43-28-13-24(8-9-27(28)32)55-18-33(48)49/h7-9,13,15,19-23,25-26,31,34H,1,10-12,14,16-18H2,2-6H3,(H,42,44)(H,45,54)(H,46,50)(H,48,49)(H,52,53)/t21-,22+,23?,25+,26?,31-,34+,41+/m0/s1. The Kier molecular flexibility index (Phi) is 11.0. The Morgan fingerprint density at radius 3 is 2.41 bits per heavy atom. The second-order valence-corrected chi connectivity index (χ2v) is 18.1. The topological polar surface area (TPSA) is 219 Å². The van der Waals surface area contributed by atoms with E-state index in [0.29, 0.717) is 45.0 Å². The van der Waals surface area contributed by atoms with Gasteiger partial charge in [0.15, 0.2) is 11.7 Å². The minimum atomic E-state index is -1.55. The highest BCUT2D eigenvalue weighted by Crippen LogP contribution is 2.52. The first-order valence-corrected chi connectivity index (χ1v) is 20.5. The van der Waals surface area contributed by atoms with Crippen LogP contribution in [-0.2, 0) is 23.9 Å². The van der Waals surface area contributed by atoms with E-state index in [4.69, 9.17) is 24.2 Å². The summed E-state index contributed by atoms with van der Waals surface area (Å²) in [5.41, 5.74) is -0.932. The number of carboxylic acid groups (broad SMARTS) is 2. The summed E-state index contributed by atoms with van der Waals surface area (Å²) in [5, 5.41) is 31.2. The van der Waals surface area contributed by atoms with Gasteiger partial charge < -0.3 is 45.3 Å². The number of ether oxygens (including phenoxy) is 3. The number of amides is 3. The second kappa shape index (κ2) is 15.7. The van der Waals surface area contributed by atoms with E-state index in [1.54, 1.807) is 45.0 Å². The SMILES string of the molecule is C=CC1C[C@]1(NC(=O)[C@@H]1CC(Oc2cc(-c3csc(NC(C)C)n3)nc3cc(OCC(=O)O)ccc23)CN1C(=O)[C@@H](NC(=O)O[C@@H]1C[C@@H]2C[C@@H]2C1)C(C)(C)C)C(=O)O. The van der Waals surface area contributed by atoms with Crippen molar-refractivity contribution in [2.24, 2.45) is 23.2 Å². The Bertz CT molecular complexity index is 2120. The normalized spacial score (nSPS) is 26.3. The fourth-order valence-electron chi connectivity index (χ4n) is 8.09. The van der Waals surface area contributed by atoms with Gasteiger partial charge in [0, 0.05) is 41.3 Å². The van der Waals surface area contributed by atoms with Crippen molar-refractivity contribution in [3.05, 3.63) is 42.3 Å². The van der Waals surface area contributed by atoms with Crippen molar-refractivity contribution in [3.63, 3.8) is 0 Å². The molecule has 1 saturated heterocycles. The number of hydrogen-bond acceptors (Lipinski definition) is 12. The molecule has 3 heterocycles. The molecule has 2 unspecified atom stereocenters. The smallest absolute Gasteiger partial charge is 0.408 e. The molecular formula is C41H50N6O10S. The molecule has 7 rings (SSSR count). The van der Waals surface area contributed by atoms with E-state index in [1.807, 2.05) is 19.2 Å². The zero-order valence-corrected chi connectivity index (χ0v) is 34.0. The number of benzene rings is 1. The number of carbonyl (C=O) groups excluding carboxylic acids is 3. The molecule has 0 radical (unpaired) electrons. The van der Waals surface area contributed by atoms with Crippen molar-refractivity contribution in [3.8, 4) is 22.9 Å². The summed E-state index contributed by atoms with van der Waals surface area (Å²) in [7, 11) is 0. The molecule has 1 aromatic carbocycles. The summed E-state index contributed by atoms with van der Waals surface area (Å²) >= 11 is 1.40. The number of aliphatic carboxylic acids is 2. The molecule has 58 heavy (non-hydrogen) atoms. The number of likely N-dealkylation sites (tertiary alicyclic amines) is 1. The quantitative estimate of drug-likeness (QED) is 0.127. The number of nitrogens with one attached hydrogen (secondary N) is 3. The summed E-state index contributed by atoms with van der Waals surface area (Å²) in [6.07, 6.45) is 2.71. The Morgan fingerprint density at radius 1 is 1.03 bits per heavy atom. The number of alkyl carbamates (subject to hydrolysis) is 1. The van der Waals surface area contributed by atoms with Gasteiger partial charge in [0.25, 0.3) is 0 Å². The van der Waals surface area contributed by atoms with E-state index in [0.717, 1.165) is 19.3 Å². The molecule has 1 aliphatic heterocycles. The van der Waals surface area contributed by atoms with E-state index >= 15 is 0 Å². The third-order valence-corrected chi connectivity index (χ3v) is 12.1. The zero-order chi connectivity index (χ0) is 41.7. The minimum absolute atomic E-state index is 0.00367. The number of rotatable bonds is 15. The van der Waals surface area contributed by atoms with E-state index in [2.05, 4.69) is 22.5 Å². The molecule has 3 aromatic rings. The molecule has 8 atom stereocenters. The summed E-state index contributed by atoms with van der Waals surface area (Å²) in [6, 6.07) is 4.48. The Hall–Kier alpha value is -5.45. The molecule has 3 amide bonds. The maximum Gasteiger partial charge on any atom is 0.408 e. The van der Waals surface area contributed by atoms with Crippen molar-refractivity contribution in [1.29, 1.82) is 0 Å². The minimum Gasteiger partial charge on any atom is -0.488 e. The second-order valence-electron chi connectivity index (χ2n) is 17.2. The van der Waals surface area contributed by atoms with Crippen LogP contribution >= 0.6 is 11.3 Å². The Balaban J connectivity index is 1.19. The lowest BCUT2D eigenvalue weighted by Crippen LogP contribution is -2.59. The first kappa shape index (κ1) is 40.7. The van der Waals surface area contributed by atoms with Crippen LogP contribution in [0.1, 0.15) is 66.7 Å². The van der Waals surface area contributed by atoms with Gasteiger partial charge in [-0.2, -0.15) is 0 Å². The molecule has 0 bridgehead atoms. The van der Waals surface area contributed by atoms with Gasteiger partial charge in [-0.3, -0.25) is 9.59 Å². The summed E-state index contributed by atoms with van der Waals surface area (Å²) in [5.74, 6) is -2.24. The largest absolute Gasteiger partial charge is 0.488 e. The van der Waals surface area contributed by atoms with Gasteiger partial charge in [-0.1, -0.05) is 26.8 Å². The predicted molar refractivity (Wildman–Crippen MR) is 214 cm³/mol. The van der Waals surface area contributed by atoms with Crippen molar-refractivity contribution in [2.45, 2.75) is 103 Å². The highest BCUT2D eigenvalue weighted by molar-refractivity contribution is 7.14. The number of carboxylic acids is 2. The molecule has 4 aliphatic rings. The van der Waals surface area contributed by atoms with E-state index in [-0.39, 0.29) is 37.3 Å². The summed E-state index contributed by atoms with van der Waals surface area (Å²) in [4.78, 5) is 76.6. The van der Waals surface area contributed by atoms with Crippen molar-refractivity contribution in [1.82, 2.24) is 25.5 Å². The lowest BCUT2D eigenvalue weighted by molar-refractivity contribution is -0.146. The highest BCUT2D eigenvalue weighted by atomic mass is 32.1. The van der Waals surface area contributed by atoms with Gasteiger partial charge in [-0.25, -0.2) is 24.4 Å². The van der Waals surface area contributed by atoms with Gasteiger partial charge in [0.2, 0.25) is 11.8 Å². The molecular weight excluding hydrogens is 769 g/mol. The Morgan fingerprint density at radius 2 is 1.78 bits per heavy atom. The van der Waals surface area contributed by atoms with Crippen molar-refractivity contribution < 1.29 is 48.4 Å². The molecule has 3 aliphatic carbocycles. The monoisotopic (exact) mass is 818 g/mol. The van der Waals surface area contributed by atoms with Crippen LogP contribution in [0, 0.1) is 23.2 Å². The van der Waals surface area contributed by atoms with E-state index in [9.17, 15) is 34.2 Å². The molecule has 17 heteroatoms. The number of fused-ring (bicyclic) bond motifs is 2. The van der Waals surface area contributed by atoms with Crippen LogP contribution in [-0.4, -0.2) is 104 Å². The molecule has 3 saturated carbocycles. The van der Waals surface area contributed by atoms with Crippen LogP contribution in [0.5, 0.6) is 11.5 Å². The average molecular weight is 819 g/mol. The summed E-state index contributed by atoms with van der Waals surface area (Å²) < 4.78 is 17.9. The van der Waals surface area contributed by atoms with Crippen molar-refractivity contribution in [2.75, 3.05) is 18.5 Å². The zero-order valence-electron chi connectivity index (χ0n) is 33.2. The van der Waals surface area contributed by atoms with Gasteiger partial charge >= 0.3 is 18.0 Å². The summed E-state index contributed by atoms with van der Waals surface area (Å²) in [6.45, 7) is 12.5. The molecule has 16 nitrogen and oxygen atoms in total. The van der Waals surface area contributed by atoms with Crippen LogP contribution in [0.4, 0.5) is 9.93 Å². The lowest BCUT2D eigenvalue weighted by Gasteiger charge is -2.35. The van der Waals surface area contributed by atoms with Crippen LogP contribution in [0.25, 0.3) is 22.3 Å². The molecule has 5 N–H and O–H groups in total.